The summed E-state index contributed by atoms with van der Waals surface area (Å²) in [6.07, 6.45) is -1.59. The average molecular weight is 439 g/mol. The minimum atomic E-state index is -4.46. The van der Waals surface area contributed by atoms with Gasteiger partial charge in [0.1, 0.15) is 12.1 Å². The molecule has 6 N–H and O–H groups in total. The molecule has 0 aromatic carbocycles. The zero-order valence-corrected chi connectivity index (χ0v) is 16.5. The molecule has 0 heterocycles. The lowest BCUT2D eigenvalue weighted by Gasteiger charge is -2.21. The second-order valence-corrected chi connectivity index (χ2v) is 7.63. The summed E-state index contributed by atoms with van der Waals surface area (Å²) < 4.78 is 30.7. The topological polar surface area (TPSA) is 216 Å². The molecule has 0 spiro atoms. The molecule has 0 saturated heterocycles. The van der Waals surface area contributed by atoms with Crippen molar-refractivity contribution >= 4 is 39.8 Å². The van der Waals surface area contributed by atoms with E-state index in [-0.39, 0.29) is 32.1 Å². The molecular formula is C15H25N3O10S. The molecule has 0 fully saturated rings. The third-order valence-corrected chi connectivity index (χ3v) is 4.42. The normalized spacial score (nSPS) is 13.0. The maximum absolute atomic E-state index is 12.3. The van der Waals surface area contributed by atoms with Gasteiger partial charge in [-0.2, -0.15) is 8.42 Å². The van der Waals surface area contributed by atoms with Crippen LogP contribution in [0.2, 0.25) is 0 Å². The molecule has 166 valence electrons. The average Bonchev–Trinajstić information content (AvgIpc) is 2.60. The molecule has 3 amide bonds. The first-order valence-electron chi connectivity index (χ1n) is 8.55. The highest BCUT2D eigenvalue weighted by molar-refractivity contribution is 7.85. The van der Waals surface area contributed by atoms with Gasteiger partial charge in [-0.3, -0.25) is 23.7 Å². The van der Waals surface area contributed by atoms with Gasteiger partial charge in [0.25, 0.3) is 10.1 Å². The van der Waals surface area contributed by atoms with Crippen molar-refractivity contribution < 1.29 is 47.2 Å². The molecule has 0 aliphatic carbocycles. The monoisotopic (exact) mass is 439 g/mol. The minimum Gasteiger partial charge on any atom is -0.481 e. The van der Waals surface area contributed by atoms with E-state index in [2.05, 4.69) is 16.0 Å². The lowest BCUT2D eigenvalue weighted by molar-refractivity contribution is -0.142. The van der Waals surface area contributed by atoms with Crippen LogP contribution in [0.15, 0.2) is 0 Å². The van der Waals surface area contributed by atoms with E-state index in [0.717, 1.165) is 0 Å². The van der Waals surface area contributed by atoms with Gasteiger partial charge >= 0.3 is 11.9 Å². The Kier molecular flexibility index (Phi) is 11.5. The standard InChI is InChI=1S/C15H25N3O10S/c1-16-11(19)6-5-10(15(24)25)18-14(23)9(7-8-29(26,27)28)17-12(20)3-2-4-13(21)22/h9-10H,2-8H2,1H3,(H,16,19)(H,17,20)(H,18,23)(H,21,22)(H,24,25)(H,26,27,28)/t9-,10-/m0/s1. The van der Waals surface area contributed by atoms with Gasteiger partial charge in [0.2, 0.25) is 17.7 Å². The van der Waals surface area contributed by atoms with E-state index in [1.807, 2.05) is 0 Å². The fourth-order valence-electron chi connectivity index (χ4n) is 2.13. The van der Waals surface area contributed by atoms with Crippen LogP contribution in [0.25, 0.3) is 0 Å². The lowest BCUT2D eigenvalue weighted by Crippen LogP contribution is -2.52. The molecule has 0 aromatic heterocycles. The summed E-state index contributed by atoms with van der Waals surface area (Å²) in [7, 11) is -3.12. The fraction of sp³-hybridized carbons (Fsp3) is 0.667. The molecule has 0 aliphatic heterocycles. The number of carbonyl (C=O) groups is 5. The molecule has 0 saturated carbocycles. The van der Waals surface area contributed by atoms with Gasteiger partial charge in [0.15, 0.2) is 0 Å². The molecule has 0 radical (unpaired) electrons. The van der Waals surface area contributed by atoms with Crippen molar-refractivity contribution in [1.29, 1.82) is 0 Å². The van der Waals surface area contributed by atoms with E-state index in [1.165, 1.54) is 7.05 Å². The number of amides is 3. The molecule has 0 bridgehead atoms. The van der Waals surface area contributed by atoms with E-state index >= 15 is 0 Å². The Labute approximate surface area is 167 Å². The Bertz CT molecular complexity index is 722. The maximum atomic E-state index is 12.3. The summed E-state index contributed by atoms with van der Waals surface area (Å²) in [4.78, 5) is 57.2. The highest BCUT2D eigenvalue weighted by atomic mass is 32.2. The van der Waals surface area contributed by atoms with E-state index in [9.17, 15) is 37.5 Å². The van der Waals surface area contributed by atoms with Crippen LogP contribution >= 0.6 is 0 Å². The molecule has 0 aromatic rings. The van der Waals surface area contributed by atoms with Crippen LogP contribution in [0, 0.1) is 0 Å². The minimum absolute atomic E-state index is 0.0301. The number of aliphatic carboxylic acids is 2. The first-order valence-corrected chi connectivity index (χ1v) is 10.2. The molecule has 14 heteroatoms. The van der Waals surface area contributed by atoms with Crippen LogP contribution in [0.3, 0.4) is 0 Å². The van der Waals surface area contributed by atoms with E-state index in [0.29, 0.717) is 0 Å². The van der Waals surface area contributed by atoms with E-state index in [1.54, 1.807) is 0 Å². The number of hydrogen-bond donors (Lipinski definition) is 6. The van der Waals surface area contributed by atoms with Gasteiger partial charge < -0.3 is 26.2 Å². The first kappa shape index (κ1) is 26.3. The van der Waals surface area contributed by atoms with Gasteiger partial charge in [-0.15, -0.1) is 0 Å². The van der Waals surface area contributed by atoms with Gasteiger partial charge in [0.05, 0.1) is 5.75 Å². The van der Waals surface area contributed by atoms with Crippen LogP contribution in [-0.4, -0.2) is 77.7 Å². The van der Waals surface area contributed by atoms with Crippen molar-refractivity contribution in [2.75, 3.05) is 12.8 Å². The number of carbonyl (C=O) groups excluding carboxylic acids is 3. The van der Waals surface area contributed by atoms with Crippen molar-refractivity contribution in [2.24, 2.45) is 0 Å². The van der Waals surface area contributed by atoms with Crippen molar-refractivity contribution in [3.8, 4) is 0 Å². The highest BCUT2D eigenvalue weighted by Crippen LogP contribution is 2.04. The van der Waals surface area contributed by atoms with Crippen molar-refractivity contribution in [3.05, 3.63) is 0 Å². The van der Waals surface area contributed by atoms with Crippen molar-refractivity contribution in [3.63, 3.8) is 0 Å². The molecule has 13 nitrogen and oxygen atoms in total. The Morgan fingerprint density at radius 3 is 1.97 bits per heavy atom. The molecular weight excluding hydrogens is 414 g/mol. The van der Waals surface area contributed by atoms with E-state index < -0.39 is 64.0 Å². The van der Waals surface area contributed by atoms with Crippen LogP contribution in [-0.2, 0) is 34.1 Å². The molecule has 2 atom stereocenters. The number of carboxylic acid groups (broad SMARTS) is 2. The van der Waals surface area contributed by atoms with Crippen LogP contribution in [0.4, 0.5) is 0 Å². The number of nitrogens with one attached hydrogen (secondary N) is 3. The summed E-state index contributed by atoms with van der Waals surface area (Å²) in [5.74, 6) is -5.68. The highest BCUT2D eigenvalue weighted by Gasteiger charge is 2.28. The van der Waals surface area contributed by atoms with Gasteiger partial charge in [-0.1, -0.05) is 0 Å². The second-order valence-electron chi connectivity index (χ2n) is 6.05. The largest absolute Gasteiger partial charge is 0.481 e. The Hall–Kier alpha value is -2.74. The zero-order valence-electron chi connectivity index (χ0n) is 15.7. The van der Waals surface area contributed by atoms with Crippen LogP contribution in [0.1, 0.15) is 38.5 Å². The predicted molar refractivity (Wildman–Crippen MR) is 97.3 cm³/mol. The summed E-state index contributed by atoms with van der Waals surface area (Å²) in [6, 6.07) is -2.96. The predicted octanol–water partition coefficient (Wildman–Crippen LogP) is -1.90. The smallest absolute Gasteiger partial charge is 0.326 e. The molecule has 0 aliphatic rings. The SMILES string of the molecule is CNC(=O)CC[C@H](NC(=O)[C@H](CCS(=O)(=O)O)NC(=O)CCCC(=O)O)C(=O)O. The maximum Gasteiger partial charge on any atom is 0.326 e. The molecule has 29 heavy (non-hydrogen) atoms. The van der Waals surface area contributed by atoms with Crippen molar-refractivity contribution in [2.45, 2.75) is 50.6 Å². The van der Waals surface area contributed by atoms with Gasteiger partial charge in [-0.25, -0.2) is 4.79 Å². The van der Waals surface area contributed by atoms with E-state index in [4.69, 9.17) is 9.66 Å². The van der Waals surface area contributed by atoms with Crippen LogP contribution < -0.4 is 16.0 Å². The number of rotatable bonds is 14. The summed E-state index contributed by atoms with van der Waals surface area (Å²) in [5, 5.41) is 24.3. The Balaban J connectivity index is 5.08. The zero-order chi connectivity index (χ0) is 22.6. The summed E-state index contributed by atoms with van der Waals surface area (Å²) >= 11 is 0. The van der Waals surface area contributed by atoms with Gasteiger partial charge in [0, 0.05) is 26.3 Å². The Morgan fingerprint density at radius 1 is 0.862 bits per heavy atom. The summed E-state index contributed by atoms with van der Waals surface area (Å²) in [6.45, 7) is 0. The Morgan fingerprint density at radius 2 is 1.48 bits per heavy atom. The first-order chi connectivity index (χ1) is 13.4. The number of carboxylic acids is 2. The summed E-state index contributed by atoms with van der Waals surface area (Å²) in [5.41, 5.74) is 0. The lowest BCUT2D eigenvalue weighted by atomic mass is 10.1. The van der Waals surface area contributed by atoms with Gasteiger partial charge in [-0.05, 0) is 19.3 Å². The fourth-order valence-corrected chi connectivity index (χ4v) is 2.67. The van der Waals surface area contributed by atoms with Crippen molar-refractivity contribution in [1.82, 2.24) is 16.0 Å². The number of hydrogen-bond acceptors (Lipinski definition) is 7. The van der Waals surface area contributed by atoms with Crippen LogP contribution in [0.5, 0.6) is 0 Å². The third kappa shape index (κ3) is 13.1. The third-order valence-electron chi connectivity index (χ3n) is 3.66. The quantitative estimate of drug-likeness (QED) is 0.165. The molecule has 0 unspecified atom stereocenters. The molecule has 0 rings (SSSR count). The second kappa shape index (κ2) is 12.7.